The Morgan fingerprint density at radius 1 is 1.65 bits per heavy atom. The molecule has 0 spiro atoms. The maximum atomic E-state index is 11.6. The van der Waals surface area contributed by atoms with Crippen LogP contribution in [-0.2, 0) is 4.79 Å². The fourth-order valence-corrected chi connectivity index (χ4v) is 2.40. The van der Waals surface area contributed by atoms with Gasteiger partial charge >= 0.3 is 0 Å². The smallest absolute Gasteiger partial charge is 0.230 e. The quantitative estimate of drug-likeness (QED) is 0.790. The van der Waals surface area contributed by atoms with E-state index in [0.717, 1.165) is 11.7 Å². The van der Waals surface area contributed by atoms with E-state index in [2.05, 4.69) is 28.7 Å². The van der Waals surface area contributed by atoms with Crippen LogP contribution in [0.25, 0.3) is 0 Å². The Bertz CT molecular complexity index is 385. The molecule has 1 aliphatic carbocycles. The Labute approximate surface area is 106 Å². The average molecular weight is 253 g/mol. The number of hydrogen-bond acceptors (Lipinski definition) is 3. The highest BCUT2D eigenvalue weighted by Gasteiger charge is 2.25. The zero-order valence-corrected chi connectivity index (χ0v) is 11.2. The van der Waals surface area contributed by atoms with E-state index in [0.29, 0.717) is 17.7 Å². The first-order valence-corrected chi connectivity index (χ1v) is 7.07. The largest absolute Gasteiger partial charge is 0.355 e. The molecule has 0 radical (unpaired) electrons. The lowest BCUT2D eigenvalue weighted by Gasteiger charge is -2.08. The van der Waals surface area contributed by atoms with Crippen molar-refractivity contribution in [3.05, 3.63) is 12.4 Å². The van der Waals surface area contributed by atoms with Crippen LogP contribution in [0.5, 0.6) is 0 Å². The van der Waals surface area contributed by atoms with Gasteiger partial charge in [0.05, 0.1) is 5.75 Å². The van der Waals surface area contributed by atoms with Crippen molar-refractivity contribution in [2.24, 2.45) is 5.92 Å². The van der Waals surface area contributed by atoms with E-state index in [9.17, 15) is 4.79 Å². The van der Waals surface area contributed by atoms with E-state index in [4.69, 9.17) is 0 Å². The summed E-state index contributed by atoms with van der Waals surface area (Å²) in [4.78, 5) is 15.9. The summed E-state index contributed by atoms with van der Waals surface area (Å²) in [6.07, 6.45) is 6.30. The van der Waals surface area contributed by atoms with Gasteiger partial charge in [0, 0.05) is 25.0 Å². The molecule has 1 fully saturated rings. The number of imidazole rings is 1. The Morgan fingerprint density at radius 2 is 2.41 bits per heavy atom. The number of amides is 1. The molecule has 1 aromatic rings. The van der Waals surface area contributed by atoms with E-state index in [-0.39, 0.29) is 5.91 Å². The van der Waals surface area contributed by atoms with Crippen LogP contribution in [-0.4, -0.2) is 27.8 Å². The SMILES string of the molecule is CC(C)CNC(=O)CSc1nccn1C1CC1. The van der Waals surface area contributed by atoms with Gasteiger partial charge in [0.25, 0.3) is 0 Å². The molecule has 0 bridgehead atoms. The van der Waals surface area contributed by atoms with Gasteiger partial charge in [0.15, 0.2) is 5.16 Å². The molecule has 1 heterocycles. The zero-order chi connectivity index (χ0) is 12.3. The molecule has 4 nitrogen and oxygen atoms in total. The van der Waals surface area contributed by atoms with Crippen molar-refractivity contribution in [3.8, 4) is 0 Å². The minimum atomic E-state index is 0.0917. The highest BCUT2D eigenvalue weighted by molar-refractivity contribution is 7.99. The van der Waals surface area contributed by atoms with E-state index in [1.807, 2.05) is 12.4 Å². The molecule has 0 atom stereocenters. The molecule has 0 aromatic carbocycles. The Kier molecular flexibility index (Phi) is 4.10. The molecule has 0 aliphatic heterocycles. The maximum absolute atomic E-state index is 11.6. The highest BCUT2D eigenvalue weighted by atomic mass is 32.2. The van der Waals surface area contributed by atoms with Crippen molar-refractivity contribution in [3.63, 3.8) is 0 Å². The first-order chi connectivity index (χ1) is 8.16. The van der Waals surface area contributed by atoms with Crippen molar-refractivity contribution in [2.75, 3.05) is 12.3 Å². The van der Waals surface area contributed by atoms with Gasteiger partial charge < -0.3 is 9.88 Å². The normalized spacial score (nSPS) is 15.2. The average Bonchev–Trinajstić information content (AvgIpc) is 3.03. The van der Waals surface area contributed by atoms with Gasteiger partial charge in [0.1, 0.15) is 0 Å². The lowest BCUT2D eigenvalue weighted by molar-refractivity contribution is -0.118. The van der Waals surface area contributed by atoms with Crippen molar-refractivity contribution in [1.29, 1.82) is 0 Å². The summed E-state index contributed by atoms with van der Waals surface area (Å²) < 4.78 is 2.18. The second-order valence-electron chi connectivity index (χ2n) is 4.83. The first-order valence-electron chi connectivity index (χ1n) is 6.09. The number of nitrogens with zero attached hydrogens (tertiary/aromatic N) is 2. The second kappa shape index (κ2) is 5.58. The highest BCUT2D eigenvalue weighted by Crippen LogP contribution is 2.37. The van der Waals surface area contributed by atoms with Crippen LogP contribution in [0.1, 0.15) is 32.7 Å². The van der Waals surface area contributed by atoms with Crippen LogP contribution >= 0.6 is 11.8 Å². The van der Waals surface area contributed by atoms with Gasteiger partial charge in [-0.2, -0.15) is 0 Å². The minimum absolute atomic E-state index is 0.0917. The zero-order valence-electron chi connectivity index (χ0n) is 10.3. The van der Waals surface area contributed by atoms with Gasteiger partial charge in [-0.05, 0) is 18.8 Å². The standard InChI is InChI=1S/C12H19N3OS/c1-9(2)7-14-11(16)8-17-12-13-5-6-15(12)10-3-4-10/h5-6,9-10H,3-4,7-8H2,1-2H3,(H,14,16). The lowest BCUT2D eigenvalue weighted by Crippen LogP contribution is -2.28. The van der Waals surface area contributed by atoms with Gasteiger partial charge in [-0.3, -0.25) is 4.79 Å². The minimum Gasteiger partial charge on any atom is -0.355 e. The van der Waals surface area contributed by atoms with Crippen molar-refractivity contribution < 1.29 is 4.79 Å². The number of thioether (sulfide) groups is 1. The van der Waals surface area contributed by atoms with Crippen molar-refractivity contribution >= 4 is 17.7 Å². The number of carbonyl (C=O) groups excluding carboxylic acids is 1. The molecular weight excluding hydrogens is 234 g/mol. The predicted molar refractivity (Wildman–Crippen MR) is 69.1 cm³/mol. The molecule has 1 saturated carbocycles. The van der Waals surface area contributed by atoms with Crippen LogP contribution in [0.15, 0.2) is 17.6 Å². The molecule has 1 aliphatic rings. The van der Waals surface area contributed by atoms with Crippen LogP contribution in [0.3, 0.4) is 0 Å². The summed E-state index contributed by atoms with van der Waals surface area (Å²) in [5.74, 6) is 1.04. The summed E-state index contributed by atoms with van der Waals surface area (Å²) in [6.45, 7) is 4.93. The Balaban J connectivity index is 1.77. The van der Waals surface area contributed by atoms with Crippen molar-refractivity contribution in [2.45, 2.75) is 37.9 Å². The molecule has 1 N–H and O–H groups in total. The predicted octanol–water partition coefficient (Wildman–Crippen LogP) is 2.08. The number of nitrogens with one attached hydrogen (secondary N) is 1. The van der Waals surface area contributed by atoms with Gasteiger partial charge in [0.2, 0.25) is 5.91 Å². The number of rotatable bonds is 6. The molecule has 0 saturated heterocycles. The van der Waals surface area contributed by atoms with Gasteiger partial charge in [-0.25, -0.2) is 4.98 Å². The van der Waals surface area contributed by atoms with Crippen LogP contribution in [0.2, 0.25) is 0 Å². The van der Waals surface area contributed by atoms with Gasteiger partial charge in [-0.15, -0.1) is 0 Å². The summed E-state index contributed by atoms with van der Waals surface area (Å²) in [5.41, 5.74) is 0. The fraction of sp³-hybridized carbons (Fsp3) is 0.667. The summed E-state index contributed by atoms with van der Waals surface area (Å²) in [5, 5.41) is 3.88. The third-order valence-corrected chi connectivity index (χ3v) is 3.59. The third kappa shape index (κ3) is 3.77. The number of aromatic nitrogens is 2. The second-order valence-corrected chi connectivity index (χ2v) is 5.78. The van der Waals surface area contributed by atoms with E-state index >= 15 is 0 Å². The van der Waals surface area contributed by atoms with Crippen LogP contribution in [0.4, 0.5) is 0 Å². The Hall–Kier alpha value is -0.970. The molecule has 2 rings (SSSR count). The fourth-order valence-electron chi connectivity index (χ4n) is 1.54. The van der Waals surface area contributed by atoms with Crippen LogP contribution < -0.4 is 5.32 Å². The van der Waals surface area contributed by atoms with Crippen molar-refractivity contribution in [1.82, 2.24) is 14.9 Å². The molecule has 1 aromatic heterocycles. The Morgan fingerprint density at radius 3 is 3.06 bits per heavy atom. The molecule has 17 heavy (non-hydrogen) atoms. The van der Waals surface area contributed by atoms with Gasteiger partial charge in [-0.1, -0.05) is 25.6 Å². The lowest BCUT2D eigenvalue weighted by atomic mass is 10.2. The molecular formula is C12H19N3OS. The third-order valence-electron chi connectivity index (χ3n) is 2.61. The molecule has 94 valence electrons. The summed E-state index contributed by atoms with van der Waals surface area (Å²) >= 11 is 1.52. The summed E-state index contributed by atoms with van der Waals surface area (Å²) in [7, 11) is 0. The van der Waals surface area contributed by atoms with E-state index < -0.39 is 0 Å². The maximum Gasteiger partial charge on any atom is 0.230 e. The molecule has 5 heteroatoms. The monoisotopic (exact) mass is 253 g/mol. The van der Waals surface area contributed by atoms with E-state index in [1.54, 1.807) is 0 Å². The first kappa shape index (κ1) is 12.5. The molecule has 1 amide bonds. The topological polar surface area (TPSA) is 46.9 Å². The van der Waals surface area contributed by atoms with Crippen LogP contribution in [0, 0.1) is 5.92 Å². The molecule has 0 unspecified atom stereocenters. The number of hydrogen-bond donors (Lipinski definition) is 1. The van der Waals surface area contributed by atoms with E-state index in [1.165, 1.54) is 24.6 Å². The summed E-state index contributed by atoms with van der Waals surface area (Å²) in [6, 6.07) is 0.624. The number of carbonyl (C=O) groups is 1.